The van der Waals surface area contributed by atoms with Gasteiger partial charge in [-0.25, -0.2) is 9.78 Å². The van der Waals surface area contributed by atoms with Crippen molar-refractivity contribution in [2.45, 2.75) is 26.1 Å². The normalized spacial score (nSPS) is 11.0. The smallest absolute Gasteiger partial charge is 0.331 e. The summed E-state index contributed by atoms with van der Waals surface area (Å²) in [7, 11) is 1.57. The maximum atomic E-state index is 13.8. The van der Waals surface area contributed by atoms with Crippen molar-refractivity contribution in [2.75, 3.05) is 7.11 Å². The second-order valence-corrected chi connectivity index (χ2v) is 8.71. The molecule has 0 saturated carbocycles. The van der Waals surface area contributed by atoms with Gasteiger partial charge < -0.3 is 9.47 Å². The van der Waals surface area contributed by atoms with Crippen LogP contribution in [0.25, 0.3) is 10.9 Å². The molecule has 3 aromatic carbocycles. The molecule has 0 unspecified atom stereocenters. The van der Waals surface area contributed by atoms with E-state index in [1.165, 1.54) is 26.2 Å². The number of carbonyl (C=O) groups excluding carboxylic acids is 1. The molecule has 2 heterocycles. The van der Waals surface area contributed by atoms with Crippen LogP contribution in [0.4, 0.5) is 0 Å². The molecule has 5 rings (SSSR count). The number of ether oxygens (including phenoxy) is 2. The van der Waals surface area contributed by atoms with E-state index in [9.17, 15) is 14.4 Å². The number of hydrogen-bond acceptors (Lipinski definition) is 6. The van der Waals surface area contributed by atoms with E-state index in [1.54, 1.807) is 55.8 Å². The molecule has 9 heteroatoms. The SMILES string of the molecule is COc1ccc(Cn2c(=O)c3cccc(OCc4ccccc4)c3n(CCC(=O)n3ccnc3)c2=O)cc1. The molecule has 0 fully saturated rings. The van der Waals surface area contributed by atoms with Crippen LogP contribution in [-0.4, -0.2) is 31.7 Å². The van der Waals surface area contributed by atoms with Crippen molar-refractivity contribution in [1.29, 1.82) is 0 Å². The van der Waals surface area contributed by atoms with Crippen molar-refractivity contribution in [3.05, 3.63) is 123 Å². The minimum absolute atomic E-state index is 0.0269. The molecule has 0 amide bonds. The van der Waals surface area contributed by atoms with Crippen molar-refractivity contribution in [2.24, 2.45) is 0 Å². The summed E-state index contributed by atoms with van der Waals surface area (Å²) in [4.78, 5) is 44.0. The number of imidazole rings is 1. The first-order valence-corrected chi connectivity index (χ1v) is 12.1. The molecule has 38 heavy (non-hydrogen) atoms. The predicted octanol–water partition coefficient (Wildman–Crippen LogP) is 3.73. The number of methoxy groups -OCH3 is 1. The summed E-state index contributed by atoms with van der Waals surface area (Å²) < 4.78 is 15.3. The van der Waals surface area contributed by atoms with Gasteiger partial charge in [0.2, 0.25) is 5.91 Å². The molecular formula is C29H26N4O5. The van der Waals surface area contributed by atoms with Crippen LogP contribution in [-0.2, 0) is 19.7 Å². The van der Waals surface area contributed by atoms with Gasteiger partial charge >= 0.3 is 5.69 Å². The summed E-state index contributed by atoms with van der Waals surface area (Å²) >= 11 is 0. The average molecular weight is 511 g/mol. The fourth-order valence-electron chi connectivity index (χ4n) is 4.30. The first-order chi connectivity index (χ1) is 18.5. The number of nitrogens with zero attached hydrogens (tertiary/aromatic N) is 4. The quantitative estimate of drug-likeness (QED) is 0.300. The minimum atomic E-state index is -0.521. The highest BCUT2D eigenvalue weighted by atomic mass is 16.5. The van der Waals surface area contributed by atoms with E-state index in [0.29, 0.717) is 22.4 Å². The van der Waals surface area contributed by atoms with Crippen molar-refractivity contribution in [1.82, 2.24) is 18.7 Å². The van der Waals surface area contributed by atoms with Crippen LogP contribution in [0.1, 0.15) is 22.3 Å². The number of aromatic nitrogens is 4. The van der Waals surface area contributed by atoms with Gasteiger partial charge in [-0.15, -0.1) is 0 Å². The molecule has 0 atom stereocenters. The maximum Gasteiger partial charge on any atom is 0.331 e. The van der Waals surface area contributed by atoms with Crippen LogP contribution in [0, 0.1) is 0 Å². The van der Waals surface area contributed by atoms with Gasteiger partial charge in [-0.05, 0) is 35.4 Å². The summed E-state index contributed by atoms with van der Waals surface area (Å²) in [6.07, 6.45) is 4.52. The number of fused-ring (bicyclic) bond motifs is 1. The molecule has 0 N–H and O–H groups in total. The third-order valence-electron chi connectivity index (χ3n) is 6.28. The molecule has 5 aromatic rings. The van der Waals surface area contributed by atoms with E-state index in [0.717, 1.165) is 11.1 Å². The number of rotatable bonds is 9. The lowest BCUT2D eigenvalue weighted by Crippen LogP contribution is -2.40. The van der Waals surface area contributed by atoms with Gasteiger partial charge in [0.25, 0.3) is 5.56 Å². The first-order valence-electron chi connectivity index (χ1n) is 12.1. The molecule has 0 aliphatic rings. The average Bonchev–Trinajstić information content (AvgIpc) is 3.50. The summed E-state index contributed by atoms with van der Waals surface area (Å²) in [5.74, 6) is 0.848. The summed E-state index contributed by atoms with van der Waals surface area (Å²) in [5, 5.41) is 0.332. The third kappa shape index (κ3) is 5.12. The Morgan fingerprint density at radius 2 is 1.68 bits per heavy atom. The number of benzene rings is 3. The summed E-state index contributed by atoms with van der Waals surface area (Å²) in [6.45, 7) is 0.389. The highest BCUT2D eigenvalue weighted by Gasteiger charge is 2.18. The number of aryl methyl sites for hydroxylation is 1. The molecule has 0 aliphatic carbocycles. The molecule has 0 spiro atoms. The van der Waals surface area contributed by atoms with Gasteiger partial charge in [-0.1, -0.05) is 48.5 Å². The monoisotopic (exact) mass is 510 g/mol. The molecule has 0 saturated heterocycles. The van der Waals surface area contributed by atoms with Crippen LogP contribution < -0.4 is 20.7 Å². The second-order valence-electron chi connectivity index (χ2n) is 8.71. The lowest BCUT2D eigenvalue weighted by molar-refractivity contribution is 0.0896. The fraction of sp³-hybridized carbons (Fsp3) is 0.172. The van der Waals surface area contributed by atoms with Crippen LogP contribution in [0.15, 0.2) is 101 Å². The van der Waals surface area contributed by atoms with Crippen LogP contribution in [0.5, 0.6) is 11.5 Å². The number of hydrogen-bond donors (Lipinski definition) is 0. The third-order valence-corrected chi connectivity index (χ3v) is 6.28. The Hall–Kier alpha value is -4.92. The molecule has 192 valence electrons. The Kier molecular flexibility index (Phi) is 7.17. The van der Waals surface area contributed by atoms with Gasteiger partial charge in [-0.3, -0.25) is 23.3 Å². The van der Waals surface area contributed by atoms with E-state index in [2.05, 4.69) is 4.98 Å². The zero-order valence-corrected chi connectivity index (χ0v) is 20.8. The Morgan fingerprint density at radius 1 is 0.895 bits per heavy atom. The number of carbonyl (C=O) groups is 1. The molecule has 0 radical (unpaired) electrons. The van der Waals surface area contributed by atoms with Crippen LogP contribution >= 0.6 is 0 Å². The van der Waals surface area contributed by atoms with Gasteiger partial charge in [0.05, 0.1) is 19.0 Å². The Bertz CT molecular complexity index is 1670. The van der Waals surface area contributed by atoms with Crippen molar-refractivity contribution in [3.8, 4) is 11.5 Å². The van der Waals surface area contributed by atoms with E-state index in [-0.39, 0.29) is 32.0 Å². The zero-order chi connectivity index (χ0) is 26.5. The van der Waals surface area contributed by atoms with Crippen molar-refractivity contribution < 1.29 is 14.3 Å². The first kappa shape index (κ1) is 24.8. The molecule has 9 nitrogen and oxygen atoms in total. The highest BCUT2D eigenvalue weighted by Crippen LogP contribution is 2.24. The predicted molar refractivity (Wildman–Crippen MR) is 143 cm³/mol. The largest absolute Gasteiger partial charge is 0.497 e. The molecule has 0 bridgehead atoms. The Labute approximate surface area is 218 Å². The summed E-state index contributed by atoms with van der Waals surface area (Å²) in [6, 6.07) is 21.9. The lowest BCUT2D eigenvalue weighted by atomic mass is 10.2. The van der Waals surface area contributed by atoms with E-state index < -0.39 is 11.2 Å². The zero-order valence-electron chi connectivity index (χ0n) is 20.8. The molecule has 0 aliphatic heterocycles. The standard InChI is InChI=1S/C29H26N4O5/c1-37-23-12-10-21(11-13-23)18-33-28(35)24-8-5-9-25(38-19-22-6-3-2-4-7-22)27(24)32(29(33)36)16-14-26(34)31-17-15-30-20-31/h2-13,15,17,20H,14,16,18-19H2,1H3. The summed E-state index contributed by atoms with van der Waals surface area (Å²) in [5.41, 5.74) is 1.13. The Balaban J connectivity index is 1.58. The minimum Gasteiger partial charge on any atom is -0.497 e. The van der Waals surface area contributed by atoms with Gasteiger partial charge in [-0.2, -0.15) is 0 Å². The van der Waals surface area contributed by atoms with Crippen molar-refractivity contribution >= 4 is 16.8 Å². The number of para-hydroxylation sites is 1. The van der Waals surface area contributed by atoms with Crippen molar-refractivity contribution in [3.63, 3.8) is 0 Å². The Morgan fingerprint density at radius 3 is 2.39 bits per heavy atom. The lowest BCUT2D eigenvalue weighted by Gasteiger charge is -2.17. The van der Waals surface area contributed by atoms with E-state index in [4.69, 9.17) is 9.47 Å². The highest BCUT2D eigenvalue weighted by molar-refractivity contribution is 5.84. The van der Waals surface area contributed by atoms with E-state index >= 15 is 0 Å². The molecular weight excluding hydrogens is 484 g/mol. The molecule has 2 aromatic heterocycles. The van der Waals surface area contributed by atoms with Gasteiger partial charge in [0, 0.05) is 25.4 Å². The fourth-order valence-corrected chi connectivity index (χ4v) is 4.30. The topological polar surface area (TPSA) is 97.3 Å². The maximum absolute atomic E-state index is 13.8. The van der Waals surface area contributed by atoms with E-state index in [1.807, 2.05) is 30.3 Å². The van der Waals surface area contributed by atoms with Crippen LogP contribution in [0.2, 0.25) is 0 Å². The van der Waals surface area contributed by atoms with Gasteiger partial charge in [0.15, 0.2) is 0 Å². The van der Waals surface area contributed by atoms with Crippen LogP contribution in [0.3, 0.4) is 0 Å². The van der Waals surface area contributed by atoms with Gasteiger partial charge in [0.1, 0.15) is 29.9 Å². The second kappa shape index (κ2) is 11.0.